The van der Waals surface area contributed by atoms with Crippen molar-refractivity contribution in [2.45, 2.75) is 6.92 Å². The molecule has 100 valence electrons. The number of hydrogen-bond donors (Lipinski definition) is 0. The molecule has 6 heteroatoms. The van der Waals surface area contributed by atoms with Gasteiger partial charge < -0.3 is 30.3 Å². The van der Waals surface area contributed by atoms with Crippen LogP contribution in [0.5, 0.6) is 0 Å². The molecule has 4 nitrogen and oxygen atoms in total. The van der Waals surface area contributed by atoms with Crippen LogP contribution in [0.1, 0.15) is 6.92 Å². The molecular weight excluding hydrogens is 348 g/mol. The number of rotatable bonds is 0. The quantitative estimate of drug-likeness (QED) is 0.395. The Morgan fingerprint density at radius 3 is 1.63 bits per heavy atom. The predicted molar refractivity (Wildman–Crippen MR) is 58.9 cm³/mol. The van der Waals surface area contributed by atoms with E-state index in [9.17, 15) is 4.21 Å². The topological polar surface area (TPSA) is 76.8 Å². The third-order valence-electron chi connectivity index (χ3n) is 1.13. The summed E-state index contributed by atoms with van der Waals surface area (Å²) in [6.45, 7) is 15.3. The second kappa shape index (κ2) is 25.7. The molecule has 1 aliphatic rings. The molecule has 19 heavy (non-hydrogen) atoms. The summed E-state index contributed by atoms with van der Waals surface area (Å²) in [5.41, 5.74) is 0. The van der Waals surface area contributed by atoms with E-state index in [2.05, 4.69) is 50.3 Å². The zero-order chi connectivity index (χ0) is 14.8. The van der Waals surface area contributed by atoms with Crippen LogP contribution in [0.2, 0.25) is 0 Å². The van der Waals surface area contributed by atoms with Crippen molar-refractivity contribution in [3.05, 3.63) is 72.7 Å². The minimum Gasteiger partial charge on any atom is -0.999 e. The molecule has 1 aromatic rings. The van der Waals surface area contributed by atoms with E-state index >= 15 is 0 Å². The molecule has 0 saturated heterocycles. The van der Waals surface area contributed by atoms with Crippen LogP contribution in [0, 0.1) is 50.3 Å². The van der Waals surface area contributed by atoms with Gasteiger partial charge in [-0.15, -0.1) is 5.41 Å². The van der Waals surface area contributed by atoms with Crippen LogP contribution in [-0.2, 0) is 45.8 Å². The van der Waals surface area contributed by atoms with E-state index in [4.69, 9.17) is 14.0 Å². The fourth-order valence-corrected chi connectivity index (χ4v) is 1.13. The van der Waals surface area contributed by atoms with Crippen molar-refractivity contribution in [3.8, 4) is 0 Å². The van der Waals surface area contributed by atoms with Crippen molar-refractivity contribution in [1.29, 1.82) is 0 Å². The van der Waals surface area contributed by atoms with Gasteiger partial charge in [0.05, 0.1) is 0 Å². The molecule has 1 aromatic carbocycles. The van der Waals surface area contributed by atoms with Gasteiger partial charge in [-0.2, -0.15) is 0 Å². The van der Waals surface area contributed by atoms with Crippen molar-refractivity contribution in [2.75, 3.05) is 0 Å². The first-order chi connectivity index (χ1) is 8.80. The minimum atomic E-state index is -0.843. The van der Waals surface area contributed by atoms with E-state index in [1.54, 1.807) is 24.5 Å². The molecule has 0 aromatic heterocycles. The normalized spacial score (nSPS) is 12.8. The fourth-order valence-electron chi connectivity index (χ4n) is 0.554. The van der Waals surface area contributed by atoms with E-state index in [-0.39, 0.29) is 21.1 Å². The van der Waals surface area contributed by atoms with Gasteiger partial charge in [-0.1, -0.05) is 11.8 Å². The molecule has 1 atom stereocenters. The van der Waals surface area contributed by atoms with Crippen molar-refractivity contribution in [3.63, 3.8) is 0 Å². The van der Waals surface area contributed by atoms with E-state index in [0.29, 0.717) is 0 Å². The molecule has 1 unspecified atom stereocenters. The van der Waals surface area contributed by atoms with Gasteiger partial charge in [-0.3, -0.25) is 4.21 Å². The maximum absolute atomic E-state index is 10.5. The SMILES string of the molecule is CC1=[C-]C=CS1=O.[C-]#[O+].[C-]#[O+].[C-]#[O+].[Mo].[c-]1[c-][c-][cH-][c-]1. The molecule has 0 aliphatic carbocycles. The molecule has 0 saturated carbocycles. The Labute approximate surface area is 129 Å². The van der Waals surface area contributed by atoms with Crippen LogP contribution in [0.4, 0.5) is 0 Å². The summed E-state index contributed by atoms with van der Waals surface area (Å²) < 4.78 is 33.0. The maximum atomic E-state index is 10.5. The molecule has 0 fully saturated rings. The standard InChI is InChI=1S/C5H5OS.C5H.3CO.Mo/c1-5-3-2-4-7(5)6;1-2-4-5-3-1;3*1-2;/h2,4H,1H3;1H;;;;/q-1;-5;;;;. The molecule has 0 N–H and O–H groups in total. The molecule has 1 aliphatic heterocycles. The van der Waals surface area contributed by atoms with Crippen LogP contribution in [0.15, 0.2) is 22.5 Å². The minimum absolute atomic E-state index is 0. The van der Waals surface area contributed by atoms with Crippen LogP contribution < -0.4 is 0 Å². The van der Waals surface area contributed by atoms with E-state index in [0.717, 1.165) is 4.91 Å². The van der Waals surface area contributed by atoms with Gasteiger partial charge in [0.2, 0.25) is 0 Å². The number of allylic oxidation sites excluding steroid dienone is 3. The summed E-state index contributed by atoms with van der Waals surface area (Å²) in [5, 5.41) is 1.62. The third kappa shape index (κ3) is 19.4. The Balaban J connectivity index is -0.0000000838. The van der Waals surface area contributed by atoms with Gasteiger partial charge in [0.25, 0.3) is 0 Å². The zero-order valence-corrected chi connectivity index (χ0v) is 12.5. The molecule has 0 amide bonds. The van der Waals surface area contributed by atoms with Crippen molar-refractivity contribution in [1.82, 2.24) is 0 Å². The Morgan fingerprint density at radius 1 is 1.11 bits per heavy atom. The Bertz CT molecular complexity index is 382. The number of hydrogen-bond acceptors (Lipinski definition) is 1. The first-order valence-electron chi connectivity index (χ1n) is 3.92. The largest absolute Gasteiger partial charge is 0.999 e. The predicted octanol–water partition coefficient (Wildman–Crippen LogP) is 1.46. The van der Waals surface area contributed by atoms with Crippen LogP contribution in [0.25, 0.3) is 0 Å². The van der Waals surface area contributed by atoms with Gasteiger partial charge in [-0.05, 0) is 10.8 Å². The van der Waals surface area contributed by atoms with Gasteiger partial charge in [-0.25, -0.2) is 12.2 Å². The van der Waals surface area contributed by atoms with Crippen LogP contribution >= 0.6 is 0 Å². The van der Waals surface area contributed by atoms with Gasteiger partial charge in [0, 0.05) is 21.1 Å². The van der Waals surface area contributed by atoms with Crippen molar-refractivity contribution in [2.24, 2.45) is 0 Å². The summed E-state index contributed by atoms with van der Waals surface area (Å²) in [7, 11) is -0.843. The molecule has 0 spiro atoms. The van der Waals surface area contributed by atoms with E-state index < -0.39 is 10.8 Å². The van der Waals surface area contributed by atoms with Crippen molar-refractivity contribution >= 4 is 10.8 Å². The van der Waals surface area contributed by atoms with E-state index in [1.807, 2.05) is 0 Å². The van der Waals surface area contributed by atoms with Gasteiger partial charge >= 0.3 is 33.9 Å². The van der Waals surface area contributed by atoms with Crippen LogP contribution in [-0.4, -0.2) is 4.21 Å². The Kier molecular flexibility index (Phi) is 35.7. The smallest absolute Gasteiger partial charge is 0 e. The first-order valence-corrected chi connectivity index (χ1v) is 5.13. The fraction of sp³-hybridized carbons (Fsp3) is 0.0769. The summed E-state index contributed by atoms with van der Waals surface area (Å²) in [6.07, 6.45) is 4.49. The van der Waals surface area contributed by atoms with Gasteiger partial charge in [0.15, 0.2) is 0 Å². The average Bonchev–Trinajstić information content (AvgIpc) is 3.14. The third-order valence-corrected chi connectivity index (χ3v) is 2.24. The average molecular weight is 354 g/mol. The van der Waals surface area contributed by atoms with Crippen molar-refractivity contribution < 1.29 is 39.2 Å². The maximum Gasteiger partial charge on any atom is 0 e. The second-order valence-corrected chi connectivity index (χ2v) is 3.46. The van der Waals surface area contributed by atoms with Gasteiger partial charge in [0.1, 0.15) is 0 Å². The Morgan fingerprint density at radius 2 is 1.53 bits per heavy atom. The van der Waals surface area contributed by atoms with Crippen LogP contribution in [0.3, 0.4) is 0 Å². The molecular formula is C13H6MoO4S-6. The second-order valence-electron chi connectivity index (χ2n) is 1.98. The molecule has 2 rings (SSSR count). The summed E-state index contributed by atoms with van der Waals surface area (Å²) >= 11 is 0. The molecule has 0 bridgehead atoms. The van der Waals surface area contributed by atoms with E-state index in [1.165, 1.54) is 0 Å². The Hall–Kier alpha value is -1.11. The zero-order valence-electron chi connectivity index (χ0n) is 9.68. The molecule has 0 radical (unpaired) electrons. The first kappa shape index (κ1) is 26.5. The summed E-state index contributed by atoms with van der Waals surface area (Å²) in [6, 6.07) is 12.0. The monoisotopic (exact) mass is 356 g/mol. The summed E-state index contributed by atoms with van der Waals surface area (Å²) in [4.78, 5) is 0.819. The molecule has 1 heterocycles. The summed E-state index contributed by atoms with van der Waals surface area (Å²) in [5.74, 6) is 0.